The van der Waals surface area contributed by atoms with Gasteiger partial charge in [0.05, 0.1) is 17.2 Å². The van der Waals surface area contributed by atoms with Crippen molar-refractivity contribution in [1.82, 2.24) is 4.90 Å². The number of likely N-dealkylation sites (tertiary alicyclic amines) is 1. The predicted molar refractivity (Wildman–Crippen MR) is 130 cm³/mol. The van der Waals surface area contributed by atoms with Gasteiger partial charge in [-0.2, -0.15) is 0 Å². The molecule has 3 heterocycles. The third-order valence-corrected chi connectivity index (χ3v) is 7.54. The van der Waals surface area contributed by atoms with Gasteiger partial charge >= 0.3 is 13.2 Å². The smallest absolute Gasteiger partial charge is 0.444 e. The molecular formula is C26H40BNO5. The molecule has 0 spiro atoms. The number of benzene rings is 1. The molecule has 3 saturated heterocycles. The molecule has 4 rings (SSSR count). The Kier molecular flexibility index (Phi) is 6.62. The molecule has 0 aliphatic carbocycles. The van der Waals surface area contributed by atoms with E-state index in [1.165, 1.54) is 11.1 Å². The van der Waals surface area contributed by atoms with Gasteiger partial charge in [-0.05, 0) is 96.7 Å². The molecule has 0 radical (unpaired) electrons. The number of carbonyl (C=O) groups excluding carboxylic acids is 1. The summed E-state index contributed by atoms with van der Waals surface area (Å²) < 4.78 is 24.1. The molecule has 182 valence electrons. The summed E-state index contributed by atoms with van der Waals surface area (Å²) in [7, 11) is -0.422. The molecule has 0 bridgehead atoms. The average molecular weight is 457 g/mol. The van der Waals surface area contributed by atoms with Crippen molar-refractivity contribution in [1.29, 1.82) is 0 Å². The van der Waals surface area contributed by atoms with Crippen LogP contribution in [0.25, 0.3) is 0 Å². The third kappa shape index (κ3) is 5.10. The molecule has 0 unspecified atom stereocenters. The Morgan fingerprint density at radius 3 is 2.27 bits per heavy atom. The van der Waals surface area contributed by atoms with Crippen molar-refractivity contribution in [3.63, 3.8) is 0 Å². The second-order valence-corrected chi connectivity index (χ2v) is 11.7. The van der Waals surface area contributed by atoms with Crippen LogP contribution in [0.4, 0.5) is 4.79 Å². The van der Waals surface area contributed by atoms with Crippen LogP contribution in [0.2, 0.25) is 0 Å². The van der Waals surface area contributed by atoms with Crippen molar-refractivity contribution in [2.45, 2.75) is 103 Å². The summed E-state index contributed by atoms with van der Waals surface area (Å²) in [6.07, 6.45) is 3.67. The lowest BCUT2D eigenvalue weighted by molar-refractivity contribution is 0.00578. The molecule has 0 N–H and O–H groups in total. The monoisotopic (exact) mass is 457 g/mol. The molecule has 0 aromatic heterocycles. The summed E-state index contributed by atoms with van der Waals surface area (Å²) in [6.45, 7) is 16.3. The summed E-state index contributed by atoms with van der Waals surface area (Å²) in [5.41, 5.74) is 2.23. The predicted octanol–water partition coefficient (Wildman–Crippen LogP) is 4.95. The zero-order valence-corrected chi connectivity index (χ0v) is 21.4. The van der Waals surface area contributed by atoms with Gasteiger partial charge in [0.1, 0.15) is 5.60 Å². The van der Waals surface area contributed by atoms with Crippen LogP contribution in [0.3, 0.4) is 0 Å². The zero-order chi connectivity index (χ0) is 24.0. The van der Waals surface area contributed by atoms with Gasteiger partial charge in [0.25, 0.3) is 0 Å². The minimum absolute atomic E-state index is 0.0000633. The van der Waals surface area contributed by atoms with Crippen LogP contribution in [0.15, 0.2) is 18.2 Å². The Balaban J connectivity index is 1.69. The van der Waals surface area contributed by atoms with E-state index in [-0.39, 0.29) is 12.1 Å². The Hall–Kier alpha value is -1.57. The normalized spacial score (nSPS) is 25.5. The van der Waals surface area contributed by atoms with Crippen LogP contribution in [-0.2, 0) is 18.8 Å². The Bertz CT molecular complexity index is 856. The first kappa shape index (κ1) is 24.6. The molecule has 3 aliphatic heterocycles. The van der Waals surface area contributed by atoms with E-state index >= 15 is 0 Å². The highest BCUT2D eigenvalue weighted by molar-refractivity contribution is 6.62. The van der Waals surface area contributed by atoms with Gasteiger partial charge in [-0.25, -0.2) is 4.79 Å². The topological polar surface area (TPSA) is 57.2 Å². The Morgan fingerprint density at radius 2 is 1.67 bits per heavy atom. The number of nitrogens with zero attached hydrogens (tertiary/aromatic N) is 1. The van der Waals surface area contributed by atoms with Gasteiger partial charge in [-0.1, -0.05) is 18.2 Å². The zero-order valence-electron chi connectivity index (χ0n) is 21.4. The molecule has 3 fully saturated rings. The first-order chi connectivity index (χ1) is 15.4. The van der Waals surface area contributed by atoms with Crippen LogP contribution >= 0.6 is 0 Å². The van der Waals surface area contributed by atoms with Crippen molar-refractivity contribution in [3.05, 3.63) is 29.3 Å². The fourth-order valence-corrected chi connectivity index (χ4v) is 5.02. The van der Waals surface area contributed by atoms with Crippen LogP contribution in [-0.4, -0.2) is 54.7 Å². The maximum atomic E-state index is 13.1. The van der Waals surface area contributed by atoms with Crippen LogP contribution in [0.1, 0.15) is 97.2 Å². The van der Waals surface area contributed by atoms with Gasteiger partial charge < -0.3 is 23.7 Å². The number of amides is 1. The van der Waals surface area contributed by atoms with E-state index < -0.39 is 23.9 Å². The Morgan fingerprint density at radius 1 is 1.03 bits per heavy atom. The van der Waals surface area contributed by atoms with Crippen LogP contribution < -0.4 is 5.46 Å². The molecule has 6 nitrogen and oxygen atoms in total. The van der Waals surface area contributed by atoms with Gasteiger partial charge in [-0.3, -0.25) is 0 Å². The van der Waals surface area contributed by atoms with Gasteiger partial charge in [0.2, 0.25) is 0 Å². The molecule has 1 aromatic rings. The molecule has 1 atom stereocenters. The SMILES string of the molecule is CC(C)(C)OC(=O)N1CCC[C@H]1c1cc(B2OC(C)(C)C(C)(C)O2)ccc1C1CCOCC1. The molecule has 7 heteroatoms. The molecule has 3 aliphatic rings. The van der Waals surface area contributed by atoms with Crippen LogP contribution in [0, 0.1) is 0 Å². The van der Waals surface area contributed by atoms with E-state index in [1.54, 1.807) is 0 Å². The summed E-state index contributed by atoms with van der Waals surface area (Å²) in [4.78, 5) is 15.0. The fraction of sp³-hybridized carbons (Fsp3) is 0.731. The summed E-state index contributed by atoms with van der Waals surface area (Å²) in [6, 6.07) is 6.60. The lowest BCUT2D eigenvalue weighted by atomic mass is 9.75. The first-order valence-electron chi connectivity index (χ1n) is 12.4. The number of rotatable bonds is 3. The molecule has 33 heavy (non-hydrogen) atoms. The van der Waals surface area contributed by atoms with Crippen molar-refractivity contribution in [2.24, 2.45) is 0 Å². The maximum Gasteiger partial charge on any atom is 0.494 e. The summed E-state index contributed by atoms with van der Waals surface area (Å²) in [5.74, 6) is 0.433. The number of hydrogen-bond donors (Lipinski definition) is 0. The second kappa shape index (κ2) is 8.90. The Labute approximate surface area is 199 Å². The van der Waals surface area contributed by atoms with Crippen molar-refractivity contribution in [3.8, 4) is 0 Å². The van der Waals surface area contributed by atoms with Gasteiger partial charge in [0, 0.05) is 19.8 Å². The van der Waals surface area contributed by atoms with Crippen molar-refractivity contribution < 1.29 is 23.6 Å². The summed E-state index contributed by atoms with van der Waals surface area (Å²) in [5, 5.41) is 0. The fourth-order valence-electron chi connectivity index (χ4n) is 5.02. The third-order valence-electron chi connectivity index (χ3n) is 7.54. The molecular weight excluding hydrogens is 417 g/mol. The quantitative estimate of drug-likeness (QED) is 0.601. The highest BCUT2D eigenvalue weighted by atomic mass is 16.7. The van der Waals surface area contributed by atoms with Crippen molar-refractivity contribution in [2.75, 3.05) is 19.8 Å². The van der Waals surface area contributed by atoms with Gasteiger partial charge in [0.15, 0.2) is 0 Å². The number of carbonyl (C=O) groups is 1. The summed E-state index contributed by atoms with van der Waals surface area (Å²) >= 11 is 0. The average Bonchev–Trinajstić information content (AvgIpc) is 3.29. The maximum absolute atomic E-state index is 13.1. The first-order valence-corrected chi connectivity index (χ1v) is 12.4. The largest absolute Gasteiger partial charge is 0.494 e. The second-order valence-electron chi connectivity index (χ2n) is 11.7. The van der Waals surface area contributed by atoms with Gasteiger partial charge in [-0.15, -0.1) is 0 Å². The number of hydrogen-bond acceptors (Lipinski definition) is 5. The van der Waals surface area contributed by atoms with E-state index in [2.05, 4.69) is 45.9 Å². The molecule has 1 aromatic carbocycles. The van der Waals surface area contributed by atoms with E-state index in [4.69, 9.17) is 18.8 Å². The minimum Gasteiger partial charge on any atom is -0.444 e. The molecule has 0 saturated carbocycles. The lowest BCUT2D eigenvalue weighted by Crippen LogP contribution is -2.41. The standard InChI is InChI=1S/C26H40BNO5/c1-24(2,3)31-23(29)28-14-8-9-22(28)21-17-19(27-32-25(4,5)26(6,7)33-27)10-11-20(21)18-12-15-30-16-13-18/h10-11,17-18,22H,8-9,12-16H2,1-7H3/t22-/m0/s1. The van der Waals surface area contributed by atoms with E-state index in [0.29, 0.717) is 12.5 Å². The minimum atomic E-state index is -0.516. The lowest BCUT2D eigenvalue weighted by Gasteiger charge is -2.32. The molecule has 1 amide bonds. The van der Waals surface area contributed by atoms with Crippen molar-refractivity contribution >= 4 is 18.7 Å². The number of ether oxygens (including phenoxy) is 2. The highest BCUT2D eigenvalue weighted by Crippen LogP contribution is 2.41. The van der Waals surface area contributed by atoms with E-state index in [9.17, 15) is 4.79 Å². The highest BCUT2D eigenvalue weighted by Gasteiger charge is 2.52. The van der Waals surface area contributed by atoms with E-state index in [1.807, 2.05) is 25.7 Å². The van der Waals surface area contributed by atoms with E-state index in [0.717, 1.165) is 44.4 Å². The van der Waals surface area contributed by atoms with Crippen LogP contribution in [0.5, 0.6) is 0 Å².